The van der Waals surface area contributed by atoms with Gasteiger partial charge in [-0.05, 0) is 17.9 Å². The van der Waals surface area contributed by atoms with E-state index in [0.717, 1.165) is 5.56 Å². The lowest BCUT2D eigenvalue weighted by Gasteiger charge is -2.23. The number of nitrogens with zero attached hydrogens (tertiary/aromatic N) is 2. The highest BCUT2D eigenvalue weighted by Gasteiger charge is 2.46. The van der Waals surface area contributed by atoms with Crippen LogP contribution in [-0.2, 0) is 10.2 Å². The molecule has 20 heavy (non-hydrogen) atoms. The van der Waals surface area contributed by atoms with E-state index in [-0.39, 0.29) is 11.3 Å². The minimum atomic E-state index is -1.20. The number of carbonyl (C=O) groups is 1. The van der Waals surface area contributed by atoms with Crippen LogP contribution in [0.5, 0.6) is 0 Å². The Morgan fingerprint density at radius 1 is 1.25 bits per heavy atom. The van der Waals surface area contributed by atoms with Crippen molar-refractivity contribution in [3.63, 3.8) is 0 Å². The molecule has 1 aliphatic heterocycles. The molecule has 2 N–H and O–H groups in total. The Labute approximate surface area is 119 Å². The molecule has 1 heterocycles. The minimum absolute atomic E-state index is 0.0706. The van der Waals surface area contributed by atoms with Crippen LogP contribution in [0.15, 0.2) is 29.4 Å². The molecule has 0 bridgehead atoms. The maximum absolute atomic E-state index is 12.1. The number of rotatable bonds is 2. The molecule has 5 nitrogen and oxygen atoms in total. The largest absolute Gasteiger partial charge is 0.315 e. The number of hydrogen-bond donors (Lipinski definition) is 2. The molecule has 1 aliphatic rings. The summed E-state index contributed by atoms with van der Waals surface area (Å²) in [6, 6.07) is 7.92. The third kappa shape index (κ3) is 2.23. The summed E-state index contributed by atoms with van der Waals surface area (Å²) in [6.45, 7) is 8.05. The lowest BCUT2D eigenvalue weighted by atomic mass is 9.85. The smallest absolute Gasteiger partial charge is 0.270 e. The Balaban J connectivity index is 2.42. The van der Waals surface area contributed by atoms with Gasteiger partial charge in [-0.1, -0.05) is 45.0 Å². The van der Waals surface area contributed by atoms with Crippen molar-refractivity contribution in [1.82, 2.24) is 10.5 Å². The molecule has 0 fully saturated rings. The summed E-state index contributed by atoms with van der Waals surface area (Å²) in [5, 5.41) is 14.8. The topological polar surface area (TPSA) is 64.9 Å². The second kappa shape index (κ2) is 4.68. The van der Waals surface area contributed by atoms with Gasteiger partial charge in [-0.15, -0.1) is 0 Å². The summed E-state index contributed by atoms with van der Waals surface area (Å²) >= 11 is 0. The summed E-state index contributed by atoms with van der Waals surface area (Å²) in [7, 11) is 1.58. The van der Waals surface area contributed by atoms with Crippen LogP contribution in [0.2, 0.25) is 0 Å². The highest BCUT2D eigenvalue weighted by atomic mass is 16.5. The number of hydrogen-bond acceptors (Lipinski definition) is 4. The van der Waals surface area contributed by atoms with E-state index in [1.54, 1.807) is 14.0 Å². The number of likely N-dealkylation sites (N-methyl/N-ethyl adjacent to an activating group) is 1. The number of nitrogens with one attached hydrogen (secondary N) is 1. The fraction of sp³-hybridized carbons (Fsp3) is 0.467. The van der Waals surface area contributed by atoms with E-state index in [2.05, 4.69) is 31.4 Å². The van der Waals surface area contributed by atoms with Gasteiger partial charge < -0.3 is 5.21 Å². The molecule has 0 saturated carbocycles. The summed E-state index contributed by atoms with van der Waals surface area (Å²) in [6.07, 6.45) is 0. The van der Waals surface area contributed by atoms with Crippen LogP contribution in [0.1, 0.15) is 38.8 Å². The van der Waals surface area contributed by atoms with Crippen molar-refractivity contribution in [2.24, 2.45) is 5.10 Å². The van der Waals surface area contributed by atoms with E-state index in [4.69, 9.17) is 0 Å². The zero-order chi connectivity index (χ0) is 15.1. The number of hydroxylamine groups is 1. The molecule has 1 amide bonds. The van der Waals surface area contributed by atoms with Crippen molar-refractivity contribution in [2.45, 2.75) is 38.6 Å². The van der Waals surface area contributed by atoms with E-state index >= 15 is 0 Å². The van der Waals surface area contributed by atoms with Gasteiger partial charge in [0.2, 0.25) is 0 Å². The number of carbonyl (C=O) groups excluding carboxylic acids is 1. The SMILES string of the molecule is CN1N=C(c2ccc(C(C)(C)C)cc2)C(C)(NO)C1=O. The second-order valence-corrected chi connectivity index (χ2v) is 6.34. The van der Waals surface area contributed by atoms with E-state index in [9.17, 15) is 10.0 Å². The van der Waals surface area contributed by atoms with Gasteiger partial charge in [0.25, 0.3) is 5.91 Å². The standard InChI is InChI=1S/C15H21N3O2/c1-14(2,3)11-8-6-10(7-9-11)12-15(4,17-20)13(19)18(5)16-12/h6-9,17,20H,1-5H3. The van der Waals surface area contributed by atoms with Crippen molar-refractivity contribution in [1.29, 1.82) is 0 Å². The first-order valence-corrected chi connectivity index (χ1v) is 6.59. The number of amides is 1. The normalized spacial score (nSPS) is 23.2. The molecule has 1 unspecified atom stereocenters. The molecule has 1 aromatic rings. The number of hydrazone groups is 1. The average Bonchev–Trinajstić information content (AvgIpc) is 2.63. The van der Waals surface area contributed by atoms with Gasteiger partial charge in [-0.2, -0.15) is 10.6 Å². The van der Waals surface area contributed by atoms with Crippen molar-refractivity contribution >= 4 is 11.6 Å². The predicted octanol–water partition coefficient (Wildman–Crippen LogP) is 1.90. The zero-order valence-electron chi connectivity index (χ0n) is 12.6. The maximum atomic E-state index is 12.1. The van der Waals surface area contributed by atoms with Crippen molar-refractivity contribution in [3.8, 4) is 0 Å². The Bertz CT molecular complexity index is 557. The summed E-state index contributed by atoms with van der Waals surface area (Å²) in [5.74, 6) is -0.283. The third-order valence-corrected chi connectivity index (χ3v) is 3.69. The van der Waals surface area contributed by atoms with Crippen LogP contribution >= 0.6 is 0 Å². The van der Waals surface area contributed by atoms with Gasteiger partial charge >= 0.3 is 0 Å². The van der Waals surface area contributed by atoms with Crippen molar-refractivity contribution in [2.75, 3.05) is 7.05 Å². The molecule has 0 saturated heterocycles. The Morgan fingerprint density at radius 3 is 2.25 bits per heavy atom. The monoisotopic (exact) mass is 275 g/mol. The van der Waals surface area contributed by atoms with Crippen LogP contribution < -0.4 is 5.48 Å². The predicted molar refractivity (Wildman–Crippen MR) is 77.8 cm³/mol. The summed E-state index contributed by atoms with van der Waals surface area (Å²) < 4.78 is 0. The van der Waals surface area contributed by atoms with Crippen LogP contribution in [-0.4, -0.2) is 34.4 Å². The molecular formula is C15H21N3O2. The maximum Gasteiger partial charge on any atom is 0.270 e. The van der Waals surface area contributed by atoms with E-state index in [1.807, 2.05) is 24.3 Å². The first-order chi connectivity index (χ1) is 9.20. The van der Waals surface area contributed by atoms with Crippen LogP contribution in [0.3, 0.4) is 0 Å². The summed E-state index contributed by atoms with van der Waals surface area (Å²) in [4.78, 5) is 12.1. The Hall–Kier alpha value is -1.72. The Kier molecular flexibility index (Phi) is 3.44. The molecule has 0 spiro atoms. The van der Waals surface area contributed by atoms with E-state index in [0.29, 0.717) is 5.71 Å². The third-order valence-electron chi connectivity index (χ3n) is 3.69. The molecular weight excluding hydrogens is 254 g/mol. The van der Waals surface area contributed by atoms with Gasteiger partial charge in [-0.3, -0.25) is 4.79 Å². The molecule has 5 heteroatoms. The quantitative estimate of drug-likeness (QED) is 0.810. The highest BCUT2D eigenvalue weighted by Crippen LogP contribution is 2.26. The van der Waals surface area contributed by atoms with Gasteiger partial charge in [0.1, 0.15) is 0 Å². The molecule has 108 valence electrons. The fourth-order valence-electron chi connectivity index (χ4n) is 2.30. The van der Waals surface area contributed by atoms with Crippen LogP contribution in [0, 0.1) is 0 Å². The molecule has 0 aromatic heterocycles. The fourth-order valence-corrected chi connectivity index (χ4v) is 2.30. The van der Waals surface area contributed by atoms with Gasteiger partial charge in [-0.25, -0.2) is 5.01 Å². The summed E-state index contributed by atoms with van der Waals surface area (Å²) in [5.41, 5.74) is 3.51. The lowest BCUT2D eigenvalue weighted by molar-refractivity contribution is -0.134. The van der Waals surface area contributed by atoms with E-state index < -0.39 is 5.54 Å². The van der Waals surface area contributed by atoms with Crippen molar-refractivity contribution < 1.29 is 10.0 Å². The second-order valence-electron chi connectivity index (χ2n) is 6.34. The number of benzene rings is 1. The molecule has 0 aliphatic carbocycles. The lowest BCUT2D eigenvalue weighted by Crippen LogP contribution is -2.53. The highest BCUT2D eigenvalue weighted by molar-refractivity contribution is 6.23. The first-order valence-electron chi connectivity index (χ1n) is 6.59. The minimum Gasteiger partial charge on any atom is -0.315 e. The van der Waals surface area contributed by atoms with E-state index in [1.165, 1.54) is 10.6 Å². The molecule has 1 atom stereocenters. The van der Waals surface area contributed by atoms with Crippen LogP contribution in [0.25, 0.3) is 0 Å². The average molecular weight is 275 g/mol. The molecule has 0 radical (unpaired) electrons. The van der Waals surface area contributed by atoms with Gasteiger partial charge in [0.05, 0.1) is 5.71 Å². The molecule has 1 aromatic carbocycles. The van der Waals surface area contributed by atoms with Crippen LogP contribution in [0.4, 0.5) is 0 Å². The zero-order valence-corrected chi connectivity index (χ0v) is 12.6. The van der Waals surface area contributed by atoms with Gasteiger partial charge in [0.15, 0.2) is 5.54 Å². The Morgan fingerprint density at radius 2 is 1.80 bits per heavy atom. The first kappa shape index (κ1) is 14.7. The molecule has 2 rings (SSSR count). The van der Waals surface area contributed by atoms with Gasteiger partial charge in [0, 0.05) is 12.6 Å². The van der Waals surface area contributed by atoms with Crippen molar-refractivity contribution in [3.05, 3.63) is 35.4 Å².